The van der Waals surface area contributed by atoms with Gasteiger partial charge in [-0.05, 0) is 26.3 Å². The largest absolute Gasteiger partial charge is 0.365 e. The van der Waals surface area contributed by atoms with Crippen LogP contribution in [0, 0.1) is 5.92 Å². The number of carbonyl (C=O) groups is 1. The van der Waals surface area contributed by atoms with Gasteiger partial charge < -0.3 is 15.4 Å². The number of hydrogen-bond acceptors (Lipinski definition) is 3. The van der Waals surface area contributed by atoms with E-state index in [9.17, 15) is 4.79 Å². The summed E-state index contributed by atoms with van der Waals surface area (Å²) >= 11 is 0. The van der Waals surface area contributed by atoms with Crippen LogP contribution < -0.4 is 5.73 Å². The van der Waals surface area contributed by atoms with Crippen molar-refractivity contribution in [1.29, 1.82) is 0 Å². The van der Waals surface area contributed by atoms with Crippen molar-refractivity contribution in [2.24, 2.45) is 11.7 Å². The van der Waals surface area contributed by atoms with E-state index in [1.165, 1.54) is 0 Å². The molecule has 0 aromatic carbocycles. The topological polar surface area (TPSA) is 55.6 Å². The number of nitrogens with two attached hydrogens (primary N) is 1. The fourth-order valence-corrected chi connectivity index (χ4v) is 2.09. The van der Waals surface area contributed by atoms with E-state index in [0.717, 1.165) is 25.9 Å². The van der Waals surface area contributed by atoms with Gasteiger partial charge in [-0.2, -0.15) is 0 Å². The highest BCUT2D eigenvalue weighted by atomic mass is 16.5. The van der Waals surface area contributed by atoms with Crippen LogP contribution in [0.25, 0.3) is 0 Å². The second-order valence-electron chi connectivity index (χ2n) is 4.36. The maximum absolute atomic E-state index is 11.8. The molecule has 0 spiro atoms. The molecule has 0 bridgehead atoms. The number of rotatable bonds is 2. The molecule has 2 rings (SSSR count). The summed E-state index contributed by atoms with van der Waals surface area (Å²) < 4.78 is 5.53. The van der Waals surface area contributed by atoms with E-state index in [1.807, 2.05) is 11.8 Å². The second kappa shape index (κ2) is 3.87. The number of hydrogen-bond donors (Lipinski definition) is 1. The summed E-state index contributed by atoms with van der Waals surface area (Å²) in [4.78, 5) is 13.7. The summed E-state index contributed by atoms with van der Waals surface area (Å²) in [6, 6.07) is 0. The van der Waals surface area contributed by atoms with Gasteiger partial charge in [-0.25, -0.2) is 0 Å². The van der Waals surface area contributed by atoms with Gasteiger partial charge >= 0.3 is 0 Å². The standard InChI is InChI=1S/C10H18N2O2/c1-7-2-3-9(14-7)10(13)12-5-8(4-11)6-12/h7-9H,2-6,11H2,1H3. The molecule has 2 aliphatic rings. The van der Waals surface area contributed by atoms with Crippen LogP contribution in [0.15, 0.2) is 0 Å². The molecule has 0 aromatic rings. The summed E-state index contributed by atoms with van der Waals surface area (Å²) in [6.45, 7) is 4.35. The number of amides is 1. The minimum atomic E-state index is -0.177. The lowest BCUT2D eigenvalue weighted by Gasteiger charge is -2.39. The molecule has 80 valence electrons. The third kappa shape index (κ3) is 1.77. The van der Waals surface area contributed by atoms with Gasteiger partial charge in [-0.15, -0.1) is 0 Å². The van der Waals surface area contributed by atoms with Gasteiger partial charge in [-0.3, -0.25) is 4.79 Å². The van der Waals surface area contributed by atoms with Crippen LogP contribution in [-0.2, 0) is 9.53 Å². The molecule has 0 saturated carbocycles. The molecule has 4 nitrogen and oxygen atoms in total. The number of likely N-dealkylation sites (tertiary alicyclic amines) is 1. The van der Waals surface area contributed by atoms with E-state index in [1.54, 1.807) is 0 Å². The van der Waals surface area contributed by atoms with Crippen molar-refractivity contribution < 1.29 is 9.53 Å². The van der Waals surface area contributed by atoms with Crippen LogP contribution in [0.3, 0.4) is 0 Å². The predicted octanol–water partition coefficient (Wildman–Crippen LogP) is -0.0290. The zero-order chi connectivity index (χ0) is 10.1. The molecule has 2 unspecified atom stereocenters. The van der Waals surface area contributed by atoms with Crippen molar-refractivity contribution >= 4 is 5.91 Å². The molecule has 1 amide bonds. The van der Waals surface area contributed by atoms with Crippen LogP contribution in [0.5, 0.6) is 0 Å². The molecular formula is C10H18N2O2. The lowest BCUT2D eigenvalue weighted by atomic mass is 9.99. The number of ether oxygens (including phenoxy) is 1. The van der Waals surface area contributed by atoms with Crippen LogP contribution in [-0.4, -0.2) is 42.6 Å². The van der Waals surface area contributed by atoms with Crippen LogP contribution >= 0.6 is 0 Å². The Kier molecular flexibility index (Phi) is 2.74. The minimum absolute atomic E-state index is 0.166. The van der Waals surface area contributed by atoms with Crippen molar-refractivity contribution in [1.82, 2.24) is 4.90 Å². The monoisotopic (exact) mass is 198 g/mol. The normalized spacial score (nSPS) is 33.1. The minimum Gasteiger partial charge on any atom is -0.365 e. The first-order chi connectivity index (χ1) is 6.70. The second-order valence-corrected chi connectivity index (χ2v) is 4.36. The maximum Gasteiger partial charge on any atom is 0.251 e. The van der Waals surface area contributed by atoms with E-state index in [4.69, 9.17) is 10.5 Å². The van der Waals surface area contributed by atoms with Crippen LogP contribution in [0.1, 0.15) is 19.8 Å². The van der Waals surface area contributed by atoms with E-state index >= 15 is 0 Å². The third-order valence-corrected chi connectivity index (χ3v) is 3.11. The maximum atomic E-state index is 11.8. The molecule has 0 aromatic heterocycles. The number of carbonyl (C=O) groups excluding carboxylic acids is 1. The molecule has 2 atom stereocenters. The van der Waals surface area contributed by atoms with Gasteiger partial charge in [0, 0.05) is 19.0 Å². The summed E-state index contributed by atoms with van der Waals surface area (Å²) in [5.74, 6) is 0.678. The van der Waals surface area contributed by atoms with Gasteiger partial charge in [-0.1, -0.05) is 0 Å². The fourth-order valence-electron chi connectivity index (χ4n) is 2.09. The van der Waals surface area contributed by atoms with Crippen molar-refractivity contribution in [3.8, 4) is 0 Å². The Morgan fingerprint density at radius 1 is 1.50 bits per heavy atom. The molecule has 2 heterocycles. The van der Waals surface area contributed by atoms with Gasteiger partial charge in [0.25, 0.3) is 5.91 Å². The lowest BCUT2D eigenvalue weighted by Crippen LogP contribution is -2.55. The third-order valence-electron chi connectivity index (χ3n) is 3.11. The Labute approximate surface area is 84.4 Å². The Hall–Kier alpha value is -0.610. The van der Waals surface area contributed by atoms with E-state index < -0.39 is 0 Å². The first-order valence-electron chi connectivity index (χ1n) is 5.35. The fraction of sp³-hybridized carbons (Fsp3) is 0.900. The van der Waals surface area contributed by atoms with Crippen LogP contribution in [0.2, 0.25) is 0 Å². The Bertz CT molecular complexity index is 226. The van der Waals surface area contributed by atoms with Gasteiger partial charge in [0.2, 0.25) is 0 Å². The van der Waals surface area contributed by atoms with E-state index in [2.05, 4.69) is 0 Å². The average molecular weight is 198 g/mol. The molecule has 2 fully saturated rings. The van der Waals surface area contributed by atoms with Gasteiger partial charge in [0.1, 0.15) is 6.10 Å². The zero-order valence-corrected chi connectivity index (χ0v) is 8.61. The highest BCUT2D eigenvalue weighted by Crippen LogP contribution is 2.24. The number of nitrogens with zero attached hydrogens (tertiary/aromatic N) is 1. The SMILES string of the molecule is CC1CCC(C(=O)N2CC(CN)C2)O1. The molecule has 14 heavy (non-hydrogen) atoms. The van der Waals surface area contributed by atoms with E-state index in [0.29, 0.717) is 12.5 Å². The van der Waals surface area contributed by atoms with Crippen molar-refractivity contribution in [2.45, 2.75) is 32.0 Å². The first kappa shape index (κ1) is 9.93. The zero-order valence-electron chi connectivity index (χ0n) is 8.61. The Morgan fingerprint density at radius 2 is 2.21 bits per heavy atom. The Morgan fingerprint density at radius 3 is 2.71 bits per heavy atom. The first-order valence-corrected chi connectivity index (χ1v) is 5.35. The van der Waals surface area contributed by atoms with Crippen LogP contribution in [0.4, 0.5) is 0 Å². The van der Waals surface area contributed by atoms with Gasteiger partial charge in [0.05, 0.1) is 6.10 Å². The molecule has 0 radical (unpaired) electrons. The molecule has 2 saturated heterocycles. The Balaban J connectivity index is 1.79. The molecule has 2 N–H and O–H groups in total. The summed E-state index contributed by atoms with van der Waals surface area (Å²) in [5.41, 5.74) is 5.50. The summed E-state index contributed by atoms with van der Waals surface area (Å²) in [7, 11) is 0. The summed E-state index contributed by atoms with van der Waals surface area (Å²) in [5, 5.41) is 0. The molecule has 4 heteroatoms. The van der Waals surface area contributed by atoms with Crippen molar-refractivity contribution in [3.05, 3.63) is 0 Å². The molecular weight excluding hydrogens is 180 g/mol. The lowest BCUT2D eigenvalue weighted by molar-refractivity contribution is -0.148. The highest BCUT2D eigenvalue weighted by molar-refractivity contribution is 5.81. The smallest absolute Gasteiger partial charge is 0.251 e. The van der Waals surface area contributed by atoms with Crippen molar-refractivity contribution in [3.63, 3.8) is 0 Å². The van der Waals surface area contributed by atoms with Gasteiger partial charge in [0.15, 0.2) is 0 Å². The van der Waals surface area contributed by atoms with E-state index in [-0.39, 0.29) is 18.1 Å². The molecule has 0 aliphatic carbocycles. The average Bonchev–Trinajstić information content (AvgIpc) is 2.49. The quantitative estimate of drug-likeness (QED) is 0.678. The summed E-state index contributed by atoms with van der Waals surface area (Å²) in [6.07, 6.45) is 1.95. The predicted molar refractivity (Wildman–Crippen MR) is 52.7 cm³/mol. The van der Waals surface area contributed by atoms with Crippen molar-refractivity contribution in [2.75, 3.05) is 19.6 Å². The highest BCUT2D eigenvalue weighted by Gasteiger charge is 2.36. The molecule has 2 aliphatic heterocycles.